The summed E-state index contributed by atoms with van der Waals surface area (Å²) in [5, 5.41) is 0. The number of carbonyl (C=O) groups excluding carboxylic acids is 2. The maximum Gasteiger partial charge on any atom is 0.167 e. The second-order valence-corrected chi connectivity index (χ2v) is 5.64. The highest BCUT2D eigenvalue weighted by Crippen LogP contribution is 2.35. The van der Waals surface area contributed by atoms with Crippen LogP contribution < -0.4 is 4.74 Å². The molecular formula is C19H18O3. The third kappa shape index (κ3) is 2.33. The van der Waals surface area contributed by atoms with Crippen LogP contribution in [-0.2, 0) is 16.0 Å². The van der Waals surface area contributed by atoms with E-state index < -0.39 is 0 Å². The van der Waals surface area contributed by atoms with Gasteiger partial charge in [0.05, 0.1) is 18.9 Å². The van der Waals surface area contributed by atoms with Crippen molar-refractivity contribution < 1.29 is 14.3 Å². The molecule has 3 nitrogen and oxygen atoms in total. The van der Waals surface area contributed by atoms with Gasteiger partial charge in [-0.3, -0.25) is 9.59 Å². The van der Waals surface area contributed by atoms with Gasteiger partial charge >= 0.3 is 0 Å². The van der Waals surface area contributed by atoms with E-state index in [1.807, 2.05) is 48.6 Å². The minimum Gasteiger partial charge on any atom is -0.496 e. The van der Waals surface area contributed by atoms with E-state index in [4.69, 9.17) is 4.74 Å². The summed E-state index contributed by atoms with van der Waals surface area (Å²) in [6.07, 6.45) is 7.77. The Balaban J connectivity index is 2.00. The lowest BCUT2D eigenvalue weighted by atomic mass is 9.71. The van der Waals surface area contributed by atoms with Crippen LogP contribution in [0.2, 0.25) is 0 Å². The predicted octanol–water partition coefficient (Wildman–Crippen LogP) is 3.06. The van der Waals surface area contributed by atoms with Gasteiger partial charge in [-0.25, -0.2) is 0 Å². The minimum atomic E-state index is -0.356. The van der Waals surface area contributed by atoms with Crippen molar-refractivity contribution in [1.29, 1.82) is 0 Å². The number of para-hydroxylation sites is 1. The molecule has 0 amide bonds. The number of hydrogen-bond donors (Lipinski definition) is 0. The number of rotatable bonds is 3. The predicted molar refractivity (Wildman–Crippen MR) is 84.7 cm³/mol. The molecular weight excluding hydrogens is 276 g/mol. The molecule has 2 unspecified atom stereocenters. The van der Waals surface area contributed by atoms with E-state index in [-0.39, 0.29) is 23.4 Å². The van der Waals surface area contributed by atoms with Gasteiger partial charge in [-0.1, -0.05) is 42.5 Å². The normalized spacial score (nSPS) is 23.7. The average Bonchev–Trinajstić information content (AvgIpc) is 2.57. The number of benzene rings is 1. The Hall–Kier alpha value is -2.42. The van der Waals surface area contributed by atoms with Crippen LogP contribution in [0.3, 0.4) is 0 Å². The lowest BCUT2D eigenvalue weighted by Gasteiger charge is -2.29. The number of fused-ring (bicyclic) bond motifs is 1. The highest BCUT2D eigenvalue weighted by atomic mass is 16.5. The van der Waals surface area contributed by atoms with Crippen LogP contribution in [-0.4, -0.2) is 18.7 Å². The zero-order valence-corrected chi connectivity index (χ0v) is 12.7. The van der Waals surface area contributed by atoms with Crippen LogP contribution in [0.15, 0.2) is 59.7 Å². The maximum atomic E-state index is 12.8. The smallest absolute Gasteiger partial charge is 0.167 e. The summed E-state index contributed by atoms with van der Waals surface area (Å²) in [4.78, 5) is 25.3. The minimum absolute atomic E-state index is 0.0496. The second kappa shape index (κ2) is 5.76. The van der Waals surface area contributed by atoms with E-state index in [2.05, 4.69) is 0 Å². The molecule has 2 aliphatic carbocycles. The van der Waals surface area contributed by atoms with Gasteiger partial charge < -0.3 is 4.74 Å². The largest absolute Gasteiger partial charge is 0.496 e. The molecule has 0 fully saturated rings. The summed E-state index contributed by atoms with van der Waals surface area (Å²) in [5.41, 5.74) is 2.11. The molecule has 3 heteroatoms. The first kappa shape index (κ1) is 14.5. The van der Waals surface area contributed by atoms with E-state index in [1.165, 1.54) is 0 Å². The van der Waals surface area contributed by atoms with Gasteiger partial charge in [-0.15, -0.1) is 0 Å². The van der Waals surface area contributed by atoms with E-state index in [0.717, 1.165) is 11.3 Å². The standard InChI is InChI=1S/C19H18O3/c1-12-16(11-13-7-3-6-10-17(13)22-2)19(21)15-9-5-4-8-14(15)18(12)20/h3-10,14-15H,11H2,1-2H3. The van der Waals surface area contributed by atoms with Crippen LogP contribution >= 0.6 is 0 Å². The fraction of sp³-hybridized carbons (Fsp3) is 0.263. The van der Waals surface area contributed by atoms with Crippen LogP contribution in [0.4, 0.5) is 0 Å². The molecule has 1 aromatic carbocycles. The van der Waals surface area contributed by atoms with Crippen molar-refractivity contribution in [2.75, 3.05) is 7.11 Å². The Morgan fingerprint density at radius 3 is 2.32 bits per heavy atom. The molecule has 0 saturated carbocycles. The average molecular weight is 294 g/mol. The number of hydrogen-bond acceptors (Lipinski definition) is 3. The Labute approximate surface area is 130 Å². The first-order valence-electron chi connectivity index (χ1n) is 7.38. The molecule has 0 saturated heterocycles. The van der Waals surface area contributed by atoms with E-state index in [9.17, 15) is 9.59 Å². The number of methoxy groups -OCH3 is 1. The van der Waals surface area contributed by atoms with E-state index in [0.29, 0.717) is 17.6 Å². The highest BCUT2D eigenvalue weighted by molar-refractivity contribution is 6.15. The molecule has 0 N–H and O–H groups in total. The molecule has 2 atom stereocenters. The molecule has 3 rings (SSSR count). The molecule has 0 aromatic heterocycles. The Morgan fingerprint density at radius 1 is 1.00 bits per heavy atom. The molecule has 0 bridgehead atoms. The SMILES string of the molecule is COc1ccccc1CC1=C(C)C(=O)C2C=CC=CC2C1=O. The Morgan fingerprint density at radius 2 is 1.64 bits per heavy atom. The van der Waals surface area contributed by atoms with Gasteiger partial charge in [-0.2, -0.15) is 0 Å². The van der Waals surface area contributed by atoms with Crippen molar-refractivity contribution in [2.45, 2.75) is 13.3 Å². The lowest BCUT2D eigenvalue weighted by molar-refractivity contribution is -0.127. The van der Waals surface area contributed by atoms with E-state index in [1.54, 1.807) is 14.0 Å². The van der Waals surface area contributed by atoms with Crippen LogP contribution in [0, 0.1) is 11.8 Å². The number of ketones is 2. The second-order valence-electron chi connectivity index (χ2n) is 5.64. The first-order valence-corrected chi connectivity index (χ1v) is 7.38. The van der Waals surface area contributed by atoms with Crippen molar-refractivity contribution in [1.82, 2.24) is 0 Å². The third-order valence-corrected chi connectivity index (χ3v) is 4.42. The maximum absolute atomic E-state index is 12.8. The molecule has 0 spiro atoms. The van der Waals surface area contributed by atoms with Crippen molar-refractivity contribution >= 4 is 11.6 Å². The zero-order valence-electron chi connectivity index (χ0n) is 12.7. The molecule has 0 radical (unpaired) electrons. The number of carbonyl (C=O) groups is 2. The van der Waals surface area contributed by atoms with Crippen LogP contribution in [0.5, 0.6) is 5.75 Å². The number of Topliss-reactive ketones (excluding diaryl/α,β-unsaturated/α-hetero) is 2. The highest BCUT2D eigenvalue weighted by Gasteiger charge is 2.39. The van der Waals surface area contributed by atoms with Gasteiger partial charge in [0.15, 0.2) is 11.6 Å². The summed E-state index contributed by atoms with van der Waals surface area (Å²) in [6.45, 7) is 1.76. The van der Waals surface area contributed by atoms with Crippen molar-refractivity contribution in [3.05, 3.63) is 65.3 Å². The summed E-state index contributed by atoms with van der Waals surface area (Å²) in [6, 6.07) is 7.60. The van der Waals surface area contributed by atoms with Crippen LogP contribution in [0.25, 0.3) is 0 Å². The topological polar surface area (TPSA) is 43.4 Å². The fourth-order valence-corrected chi connectivity index (χ4v) is 3.15. The molecule has 0 heterocycles. The summed E-state index contributed by atoms with van der Waals surface area (Å²) in [5.74, 6) is 0.151. The van der Waals surface area contributed by atoms with Crippen molar-refractivity contribution in [2.24, 2.45) is 11.8 Å². The van der Waals surface area contributed by atoms with Crippen molar-refractivity contribution in [3.8, 4) is 5.75 Å². The van der Waals surface area contributed by atoms with Crippen molar-refractivity contribution in [3.63, 3.8) is 0 Å². The third-order valence-electron chi connectivity index (χ3n) is 4.42. The van der Waals surface area contributed by atoms with Gasteiger partial charge in [-0.05, 0) is 24.1 Å². The van der Waals surface area contributed by atoms with Gasteiger partial charge in [0, 0.05) is 12.0 Å². The zero-order chi connectivity index (χ0) is 15.7. The lowest BCUT2D eigenvalue weighted by Crippen LogP contribution is -2.36. The first-order chi connectivity index (χ1) is 10.6. The number of ether oxygens (including phenoxy) is 1. The monoisotopic (exact) mass is 294 g/mol. The summed E-state index contributed by atoms with van der Waals surface area (Å²) >= 11 is 0. The molecule has 0 aliphatic heterocycles. The Bertz CT molecular complexity index is 722. The molecule has 2 aliphatic rings. The fourth-order valence-electron chi connectivity index (χ4n) is 3.15. The van der Waals surface area contributed by atoms with Gasteiger partial charge in [0.2, 0.25) is 0 Å². The van der Waals surface area contributed by atoms with Gasteiger partial charge in [0.25, 0.3) is 0 Å². The molecule has 1 aromatic rings. The Kier molecular flexibility index (Phi) is 3.80. The molecule has 112 valence electrons. The molecule has 22 heavy (non-hydrogen) atoms. The van der Waals surface area contributed by atoms with Crippen LogP contribution in [0.1, 0.15) is 12.5 Å². The number of allylic oxidation sites excluding steroid dienone is 6. The van der Waals surface area contributed by atoms with Gasteiger partial charge in [0.1, 0.15) is 5.75 Å². The quantitative estimate of drug-likeness (QED) is 0.860. The summed E-state index contributed by atoms with van der Waals surface area (Å²) in [7, 11) is 1.61. The van der Waals surface area contributed by atoms with E-state index >= 15 is 0 Å². The summed E-state index contributed by atoms with van der Waals surface area (Å²) < 4.78 is 5.35.